The molecule has 0 bridgehead atoms. The molecule has 20 heteroatoms. The third kappa shape index (κ3) is 7.41. The first-order chi connectivity index (χ1) is 36.4. The third-order valence-electron chi connectivity index (χ3n) is 14.0. The molecule has 7 aromatic rings. The van der Waals surface area contributed by atoms with Gasteiger partial charge in [0.25, 0.3) is 47.3 Å². The number of alkyl halides is 6. The maximum Gasteiger partial charge on any atom is 0.411 e. The van der Waals surface area contributed by atoms with Gasteiger partial charge in [-0.05, 0) is 140 Å². The fourth-order valence-electron chi connectivity index (χ4n) is 10.0. The number of benzene rings is 7. The second-order valence-electron chi connectivity index (χ2n) is 18.6. The molecule has 4 heterocycles. The summed E-state index contributed by atoms with van der Waals surface area (Å²) in [5.41, 5.74) is -8.83. The zero-order chi connectivity index (χ0) is 54.9. The number of amides is 8. The summed E-state index contributed by atoms with van der Waals surface area (Å²) in [6.07, 6.45) is -12.4. The zero-order valence-electron chi connectivity index (χ0n) is 40.3. The van der Waals surface area contributed by atoms with Crippen LogP contribution in [0.4, 0.5) is 43.4 Å². The van der Waals surface area contributed by atoms with Crippen LogP contribution in [0.25, 0.3) is 0 Å². The number of ether oxygens (including phenoxy) is 2. The smallest absolute Gasteiger partial charge is 0.411 e. The third-order valence-corrected chi connectivity index (χ3v) is 14.0. The fraction of sp³-hybridized carbons (Fsp3) is 0.123. The van der Waals surface area contributed by atoms with Gasteiger partial charge in [-0.15, -0.1) is 0 Å². The van der Waals surface area contributed by atoms with Gasteiger partial charge in [0, 0.05) is 7.05 Å². The predicted octanol–water partition coefficient (Wildman–Crippen LogP) is 11.2. The zero-order valence-corrected chi connectivity index (χ0v) is 40.3. The Morgan fingerprint density at radius 2 is 0.662 bits per heavy atom. The Kier molecular flexibility index (Phi) is 11.0. The van der Waals surface area contributed by atoms with Gasteiger partial charge in [0.05, 0.1) is 61.6 Å². The van der Waals surface area contributed by atoms with Gasteiger partial charge >= 0.3 is 12.4 Å². The summed E-state index contributed by atoms with van der Waals surface area (Å²) >= 11 is 0. The lowest BCUT2D eigenvalue weighted by Crippen LogP contribution is -2.55. The summed E-state index contributed by atoms with van der Waals surface area (Å²) < 4.78 is 107. The van der Waals surface area contributed by atoms with E-state index < -0.39 is 87.5 Å². The maximum atomic E-state index is 15.9. The SMILES string of the molecule is Cc1ccc(N2C(=O)c3ccc(Oc4ccc5c(c4)C(=O)N(c4cc(C(c6ccc(C)c(N7C(=O)c8ccc(Oc9ccc%10c(c9)C(=O)N(C)C%10=O)cc8C7=O)c6)(C(F)(F)F)C(F)(F)F)ccc4C)C5=O)cc3C2=O)cc1. The van der Waals surface area contributed by atoms with Crippen LogP contribution in [-0.4, -0.2) is 71.6 Å². The molecule has 384 valence electrons. The first-order valence-corrected chi connectivity index (χ1v) is 23.2. The Morgan fingerprint density at radius 1 is 0.351 bits per heavy atom. The molecule has 4 aliphatic rings. The summed E-state index contributed by atoms with van der Waals surface area (Å²) in [7, 11) is 1.30. The van der Waals surface area contributed by atoms with E-state index >= 15 is 26.3 Å². The highest BCUT2D eigenvalue weighted by molar-refractivity contribution is 6.36. The minimum Gasteiger partial charge on any atom is -0.457 e. The second-order valence-corrected chi connectivity index (χ2v) is 18.6. The van der Waals surface area contributed by atoms with E-state index in [9.17, 15) is 38.4 Å². The van der Waals surface area contributed by atoms with Crippen LogP contribution in [0.1, 0.15) is 111 Å². The highest BCUT2D eigenvalue weighted by Crippen LogP contribution is 2.58. The van der Waals surface area contributed by atoms with Gasteiger partial charge in [-0.3, -0.25) is 43.3 Å². The number of hydrogen-bond acceptors (Lipinski definition) is 10. The van der Waals surface area contributed by atoms with Crippen molar-refractivity contribution in [3.8, 4) is 23.0 Å². The lowest BCUT2D eigenvalue weighted by atomic mass is 9.72. The molecule has 0 saturated heterocycles. The lowest BCUT2D eigenvalue weighted by Gasteiger charge is -2.39. The largest absolute Gasteiger partial charge is 0.457 e. The van der Waals surface area contributed by atoms with Crippen molar-refractivity contribution in [1.82, 2.24) is 4.90 Å². The van der Waals surface area contributed by atoms with Crippen LogP contribution in [0.5, 0.6) is 23.0 Å². The van der Waals surface area contributed by atoms with Crippen molar-refractivity contribution in [3.05, 3.63) is 206 Å². The molecule has 0 fully saturated rings. The number of hydrogen-bond donors (Lipinski definition) is 0. The quantitative estimate of drug-likeness (QED) is 0.100. The molecule has 0 unspecified atom stereocenters. The Labute approximate surface area is 431 Å². The molecule has 0 saturated carbocycles. The maximum absolute atomic E-state index is 15.9. The normalized spacial score (nSPS) is 15.2. The standard InChI is InChI=1S/C57H34F6N4O10/c1-27-5-11-32(12-6-27)65-49(70)38-18-14-34(24-42(38)52(65)73)77-36-16-20-40-44(26-36)54(75)67(51(40)72)46-22-31(10-8-29(46)3)55(56(58,59)60,57(61,62)63)30-9-7-28(2)45(21-30)66-50(71)39-19-15-35(25-43(39)53(66)74)76-33-13-17-37-41(23-33)48(69)64(4)47(37)68/h5-26H,1-4H3. The van der Waals surface area contributed by atoms with E-state index in [0.717, 1.165) is 39.6 Å². The van der Waals surface area contributed by atoms with Crippen LogP contribution < -0.4 is 24.2 Å². The van der Waals surface area contributed by atoms with E-state index in [-0.39, 0.29) is 78.6 Å². The highest BCUT2D eigenvalue weighted by Gasteiger charge is 2.73. The van der Waals surface area contributed by atoms with Crippen molar-refractivity contribution < 1.29 is 74.2 Å². The van der Waals surface area contributed by atoms with Gasteiger partial charge in [0.15, 0.2) is 0 Å². The van der Waals surface area contributed by atoms with Crippen molar-refractivity contribution in [1.29, 1.82) is 0 Å². The molecule has 14 nitrogen and oxygen atoms in total. The van der Waals surface area contributed by atoms with Crippen molar-refractivity contribution in [2.24, 2.45) is 0 Å². The Bertz CT molecular complexity index is 3870. The molecule has 77 heavy (non-hydrogen) atoms. The summed E-state index contributed by atoms with van der Waals surface area (Å²) in [5, 5.41) is 0. The molecule has 0 atom stereocenters. The Morgan fingerprint density at radius 3 is 1.04 bits per heavy atom. The van der Waals surface area contributed by atoms with Crippen molar-refractivity contribution in [2.75, 3.05) is 21.7 Å². The number of aryl methyl sites for hydroxylation is 3. The minimum atomic E-state index is -6.22. The topological polar surface area (TPSA) is 168 Å². The van der Waals surface area contributed by atoms with Gasteiger partial charge in [0.2, 0.25) is 5.41 Å². The molecule has 0 N–H and O–H groups in total. The number of imide groups is 4. The van der Waals surface area contributed by atoms with E-state index in [1.165, 1.54) is 81.6 Å². The van der Waals surface area contributed by atoms with Crippen molar-refractivity contribution >= 4 is 64.3 Å². The number of rotatable bonds is 9. The molecule has 0 aromatic heterocycles. The number of carbonyl (C=O) groups excluding carboxylic acids is 8. The van der Waals surface area contributed by atoms with Gasteiger partial charge in [-0.1, -0.05) is 42.0 Å². The summed E-state index contributed by atoms with van der Waals surface area (Å²) in [5.74, 6) is -6.70. The predicted molar refractivity (Wildman–Crippen MR) is 262 cm³/mol. The molecule has 0 aliphatic carbocycles. The number of halogens is 6. The summed E-state index contributed by atoms with van der Waals surface area (Å²) in [4.78, 5) is 111. The van der Waals surface area contributed by atoms with Gasteiger partial charge in [-0.2, -0.15) is 26.3 Å². The molecule has 0 spiro atoms. The van der Waals surface area contributed by atoms with Gasteiger partial charge < -0.3 is 9.47 Å². The van der Waals surface area contributed by atoms with Crippen LogP contribution in [0.3, 0.4) is 0 Å². The molecular weight excluding hydrogens is 1010 g/mol. The first kappa shape index (κ1) is 49.5. The van der Waals surface area contributed by atoms with E-state index in [1.54, 1.807) is 24.3 Å². The molecule has 8 amide bonds. The molecule has 7 aromatic carbocycles. The number of nitrogens with zero attached hydrogens (tertiary/aromatic N) is 4. The van der Waals surface area contributed by atoms with E-state index in [4.69, 9.17) is 9.47 Å². The first-order valence-electron chi connectivity index (χ1n) is 23.2. The Balaban J connectivity index is 0.900. The fourth-order valence-corrected chi connectivity index (χ4v) is 10.0. The second kappa shape index (κ2) is 17.2. The molecule has 0 radical (unpaired) electrons. The molecule has 11 rings (SSSR count). The van der Waals surface area contributed by atoms with Gasteiger partial charge in [-0.25, -0.2) is 14.7 Å². The Hall–Kier alpha value is -9.72. The lowest BCUT2D eigenvalue weighted by molar-refractivity contribution is -0.288. The monoisotopic (exact) mass is 1050 g/mol. The molecule has 4 aliphatic heterocycles. The van der Waals surface area contributed by atoms with Crippen LogP contribution in [0.2, 0.25) is 0 Å². The van der Waals surface area contributed by atoms with E-state index in [2.05, 4.69) is 0 Å². The van der Waals surface area contributed by atoms with Crippen molar-refractivity contribution in [2.45, 2.75) is 38.5 Å². The van der Waals surface area contributed by atoms with E-state index in [0.29, 0.717) is 39.8 Å². The van der Waals surface area contributed by atoms with Crippen LogP contribution >= 0.6 is 0 Å². The highest BCUT2D eigenvalue weighted by atomic mass is 19.4. The average molecular weight is 1050 g/mol. The van der Waals surface area contributed by atoms with Crippen LogP contribution in [0, 0.1) is 20.8 Å². The van der Waals surface area contributed by atoms with Crippen LogP contribution in [-0.2, 0) is 5.41 Å². The van der Waals surface area contributed by atoms with Gasteiger partial charge in [0.1, 0.15) is 23.0 Å². The summed E-state index contributed by atoms with van der Waals surface area (Å²) in [6.45, 7) is 4.39. The molecular formula is C57H34F6N4O10. The number of carbonyl (C=O) groups is 8. The number of fused-ring (bicyclic) bond motifs is 4. The summed E-state index contributed by atoms with van der Waals surface area (Å²) in [6, 6.07) is 25.9. The average Bonchev–Trinajstić information content (AvgIpc) is 3.98. The van der Waals surface area contributed by atoms with E-state index in [1.807, 2.05) is 6.92 Å². The van der Waals surface area contributed by atoms with Crippen LogP contribution in [0.15, 0.2) is 133 Å². The minimum absolute atomic E-state index is 0.0185. The van der Waals surface area contributed by atoms with Crippen molar-refractivity contribution in [3.63, 3.8) is 0 Å². The number of anilines is 3.